The standard InChI is InChI=1S/C19H19N5/c20-15-7-9-16(12-15)23-19-13-17(22-18-10-11-21-24(18)19)8-6-14-4-2-1-3-5-14/h1-5,10-11,13,15-16,23H,7,9,12,20H2/t15-,16-/m0/s1. The lowest BCUT2D eigenvalue weighted by molar-refractivity contribution is 0.684. The zero-order valence-electron chi connectivity index (χ0n) is 13.3. The number of hydrogen-bond acceptors (Lipinski definition) is 4. The van der Waals surface area contributed by atoms with Crippen molar-refractivity contribution in [3.8, 4) is 11.8 Å². The van der Waals surface area contributed by atoms with Crippen LogP contribution in [-0.2, 0) is 0 Å². The van der Waals surface area contributed by atoms with Gasteiger partial charge in [-0.15, -0.1) is 0 Å². The molecule has 0 radical (unpaired) electrons. The van der Waals surface area contributed by atoms with E-state index in [2.05, 4.69) is 27.2 Å². The van der Waals surface area contributed by atoms with Gasteiger partial charge in [0.1, 0.15) is 11.5 Å². The minimum Gasteiger partial charge on any atom is -0.367 e. The summed E-state index contributed by atoms with van der Waals surface area (Å²) in [7, 11) is 0. The third kappa shape index (κ3) is 3.10. The van der Waals surface area contributed by atoms with Crippen LogP contribution in [0.25, 0.3) is 5.65 Å². The van der Waals surface area contributed by atoms with Gasteiger partial charge in [0, 0.05) is 29.8 Å². The normalized spacial score (nSPS) is 19.9. The fourth-order valence-electron chi connectivity index (χ4n) is 3.09. The molecule has 1 fully saturated rings. The second-order valence-corrected chi connectivity index (χ2v) is 6.16. The first kappa shape index (κ1) is 14.7. The molecule has 2 aromatic heterocycles. The lowest BCUT2D eigenvalue weighted by atomic mass is 10.2. The highest BCUT2D eigenvalue weighted by atomic mass is 15.3. The van der Waals surface area contributed by atoms with Gasteiger partial charge < -0.3 is 11.1 Å². The van der Waals surface area contributed by atoms with Gasteiger partial charge >= 0.3 is 0 Å². The first-order valence-electron chi connectivity index (χ1n) is 8.22. The summed E-state index contributed by atoms with van der Waals surface area (Å²) in [5, 5.41) is 7.90. The molecule has 0 bridgehead atoms. The predicted molar refractivity (Wildman–Crippen MR) is 94.6 cm³/mol. The summed E-state index contributed by atoms with van der Waals surface area (Å²) in [6.07, 6.45) is 4.88. The molecule has 0 amide bonds. The Labute approximate surface area is 140 Å². The van der Waals surface area contributed by atoms with Crippen LogP contribution in [0.4, 0.5) is 5.82 Å². The highest BCUT2D eigenvalue weighted by Gasteiger charge is 2.22. The second kappa shape index (κ2) is 6.34. The van der Waals surface area contributed by atoms with Crippen LogP contribution < -0.4 is 11.1 Å². The van der Waals surface area contributed by atoms with Gasteiger partial charge in [0.15, 0.2) is 5.65 Å². The van der Waals surface area contributed by atoms with Crippen molar-refractivity contribution in [1.82, 2.24) is 14.6 Å². The molecule has 5 nitrogen and oxygen atoms in total. The summed E-state index contributed by atoms with van der Waals surface area (Å²) >= 11 is 0. The summed E-state index contributed by atoms with van der Waals surface area (Å²) in [5.74, 6) is 7.22. The van der Waals surface area contributed by atoms with E-state index in [0.717, 1.165) is 42.0 Å². The van der Waals surface area contributed by atoms with Crippen molar-refractivity contribution in [3.05, 3.63) is 59.9 Å². The predicted octanol–water partition coefficient (Wildman–Crippen LogP) is 2.42. The first-order chi connectivity index (χ1) is 11.8. The Kier molecular flexibility index (Phi) is 3.89. The number of hydrogen-bond donors (Lipinski definition) is 2. The lowest BCUT2D eigenvalue weighted by Gasteiger charge is -2.15. The van der Waals surface area contributed by atoms with Crippen LogP contribution in [0.15, 0.2) is 48.7 Å². The fourth-order valence-corrected chi connectivity index (χ4v) is 3.09. The Bertz CT molecular complexity index is 904. The van der Waals surface area contributed by atoms with Crippen LogP contribution in [0, 0.1) is 11.8 Å². The van der Waals surface area contributed by atoms with Crippen molar-refractivity contribution in [1.29, 1.82) is 0 Å². The van der Waals surface area contributed by atoms with Gasteiger partial charge in [-0.1, -0.05) is 24.1 Å². The summed E-state index contributed by atoms with van der Waals surface area (Å²) < 4.78 is 1.82. The van der Waals surface area contributed by atoms with Crippen molar-refractivity contribution >= 4 is 11.5 Å². The number of anilines is 1. The minimum atomic E-state index is 0.287. The largest absolute Gasteiger partial charge is 0.367 e. The average molecular weight is 317 g/mol. The molecular formula is C19H19N5. The van der Waals surface area contributed by atoms with Crippen LogP contribution in [0.3, 0.4) is 0 Å². The van der Waals surface area contributed by atoms with Gasteiger partial charge in [0.05, 0.1) is 6.20 Å². The monoisotopic (exact) mass is 317 g/mol. The van der Waals surface area contributed by atoms with E-state index >= 15 is 0 Å². The number of aromatic nitrogens is 3. The molecule has 1 aromatic carbocycles. The Morgan fingerprint density at radius 2 is 2.00 bits per heavy atom. The zero-order chi connectivity index (χ0) is 16.4. The maximum atomic E-state index is 6.02. The summed E-state index contributed by atoms with van der Waals surface area (Å²) in [4.78, 5) is 4.56. The lowest BCUT2D eigenvalue weighted by Crippen LogP contribution is -2.22. The molecule has 24 heavy (non-hydrogen) atoms. The topological polar surface area (TPSA) is 68.2 Å². The maximum absolute atomic E-state index is 6.02. The highest BCUT2D eigenvalue weighted by Crippen LogP contribution is 2.22. The zero-order valence-corrected chi connectivity index (χ0v) is 13.3. The third-order valence-corrected chi connectivity index (χ3v) is 4.29. The van der Waals surface area contributed by atoms with Gasteiger partial charge in [-0.05, 0) is 37.3 Å². The van der Waals surface area contributed by atoms with Crippen molar-refractivity contribution in [3.63, 3.8) is 0 Å². The quantitative estimate of drug-likeness (QED) is 0.712. The van der Waals surface area contributed by atoms with E-state index in [4.69, 9.17) is 5.73 Å². The highest BCUT2D eigenvalue weighted by molar-refractivity contribution is 5.53. The molecule has 5 heteroatoms. The number of nitrogens with two attached hydrogens (primary N) is 1. The van der Waals surface area contributed by atoms with Gasteiger partial charge in [-0.25, -0.2) is 4.98 Å². The number of fused-ring (bicyclic) bond motifs is 1. The summed E-state index contributed by atoms with van der Waals surface area (Å²) in [5.41, 5.74) is 8.52. The van der Waals surface area contributed by atoms with Crippen LogP contribution >= 0.6 is 0 Å². The molecule has 3 aromatic rings. The third-order valence-electron chi connectivity index (χ3n) is 4.29. The smallest absolute Gasteiger partial charge is 0.158 e. The molecule has 0 unspecified atom stereocenters. The van der Waals surface area contributed by atoms with E-state index in [-0.39, 0.29) is 6.04 Å². The van der Waals surface area contributed by atoms with Gasteiger partial charge in [0.25, 0.3) is 0 Å². The van der Waals surface area contributed by atoms with E-state index in [1.165, 1.54) is 0 Å². The molecule has 1 aliphatic rings. The minimum absolute atomic E-state index is 0.287. The van der Waals surface area contributed by atoms with E-state index < -0.39 is 0 Å². The molecule has 2 atom stereocenters. The van der Waals surface area contributed by atoms with Crippen LogP contribution in [0.5, 0.6) is 0 Å². The Morgan fingerprint density at radius 3 is 2.79 bits per heavy atom. The molecule has 0 spiro atoms. The molecule has 1 saturated carbocycles. The Balaban J connectivity index is 1.66. The van der Waals surface area contributed by atoms with Crippen molar-refractivity contribution in [2.24, 2.45) is 5.73 Å². The van der Waals surface area contributed by atoms with Crippen LogP contribution in [-0.4, -0.2) is 26.7 Å². The molecule has 2 heterocycles. The van der Waals surface area contributed by atoms with Gasteiger partial charge in [-0.2, -0.15) is 9.61 Å². The summed E-state index contributed by atoms with van der Waals surface area (Å²) in [6, 6.07) is 14.4. The molecule has 0 saturated heterocycles. The van der Waals surface area contributed by atoms with Gasteiger partial charge in [0.2, 0.25) is 0 Å². The Hall–Kier alpha value is -2.84. The van der Waals surface area contributed by atoms with E-state index in [1.807, 2.05) is 47.0 Å². The van der Waals surface area contributed by atoms with Gasteiger partial charge in [-0.3, -0.25) is 0 Å². The molecule has 4 rings (SSSR count). The maximum Gasteiger partial charge on any atom is 0.158 e. The number of nitrogens with one attached hydrogen (secondary N) is 1. The molecular weight excluding hydrogens is 298 g/mol. The van der Waals surface area contributed by atoms with E-state index in [9.17, 15) is 0 Å². The fraction of sp³-hybridized carbons (Fsp3) is 0.263. The van der Waals surface area contributed by atoms with Crippen LogP contribution in [0.1, 0.15) is 30.5 Å². The van der Waals surface area contributed by atoms with Crippen molar-refractivity contribution in [2.45, 2.75) is 31.3 Å². The average Bonchev–Trinajstić information content (AvgIpc) is 3.23. The summed E-state index contributed by atoms with van der Waals surface area (Å²) in [6.45, 7) is 0. The van der Waals surface area contributed by atoms with Crippen molar-refractivity contribution < 1.29 is 0 Å². The number of rotatable bonds is 2. The molecule has 120 valence electrons. The molecule has 3 N–H and O–H groups in total. The van der Waals surface area contributed by atoms with Crippen LogP contribution in [0.2, 0.25) is 0 Å². The van der Waals surface area contributed by atoms with E-state index in [0.29, 0.717) is 6.04 Å². The molecule has 1 aliphatic carbocycles. The first-order valence-corrected chi connectivity index (χ1v) is 8.22. The number of benzene rings is 1. The second-order valence-electron chi connectivity index (χ2n) is 6.16. The number of nitrogens with zero attached hydrogens (tertiary/aromatic N) is 3. The molecule has 0 aliphatic heterocycles. The SMILES string of the molecule is N[C@H]1CC[C@H](Nc2cc(C#Cc3ccccc3)nc3ccnn23)C1. The Morgan fingerprint density at radius 1 is 1.12 bits per heavy atom. The van der Waals surface area contributed by atoms with Crippen molar-refractivity contribution in [2.75, 3.05) is 5.32 Å². The van der Waals surface area contributed by atoms with E-state index in [1.54, 1.807) is 6.20 Å².